The Morgan fingerprint density at radius 2 is 2.42 bits per heavy atom. The Hall–Kier alpha value is -2.06. The molecule has 2 heterocycles. The summed E-state index contributed by atoms with van der Waals surface area (Å²) < 4.78 is 6.34. The maximum absolute atomic E-state index is 11.9. The number of fused-ring (bicyclic) bond motifs is 1. The topological polar surface area (TPSA) is 67.9 Å². The average Bonchev–Trinajstić information content (AvgIpc) is 2.76. The first-order valence-electron chi connectivity index (χ1n) is 5.91. The van der Waals surface area contributed by atoms with Gasteiger partial charge in [-0.15, -0.1) is 0 Å². The summed E-state index contributed by atoms with van der Waals surface area (Å²) in [4.78, 5) is 16.0. The van der Waals surface area contributed by atoms with Gasteiger partial charge in [-0.05, 0) is 12.5 Å². The smallest absolute Gasteiger partial charge is 0.419 e. The molecule has 0 aliphatic carbocycles. The van der Waals surface area contributed by atoms with Crippen molar-refractivity contribution in [1.29, 1.82) is 5.26 Å². The number of unbranched alkanes of at least 4 members (excludes halogenated alkanes) is 1. The fraction of sp³-hybridized carbons (Fsp3) is 0.308. The molecule has 0 saturated heterocycles. The van der Waals surface area contributed by atoms with Gasteiger partial charge >= 0.3 is 6.09 Å². The fourth-order valence-corrected chi connectivity index (χ4v) is 1.84. The first-order valence-corrected chi connectivity index (χ1v) is 6.29. The standard InChI is InChI=1S/C13H12ClN3O2/c1-2-3-4-19-13(18)17-8-9(6-15)11-5-10(14)7-16-12(11)17/h5,7-8H,2-4H2,1H3. The Bertz CT molecular complexity index is 658. The second-order valence-corrected chi connectivity index (χ2v) is 4.45. The van der Waals surface area contributed by atoms with Crippen LogP contribution in [0.15, 0.2) is 18.5 Å². The van der Waals surface area contributed by atoms with Gasteiger partial charge in [-0.2, -0.15) is 5.26 Å². The van der Waals surface area contributed by atoms with Crippen molar-refractivity contribution in [2.45, 2.75) is 19.8 Å². The molecule has 2 aromatic rings. The lowest BCUT2D eigenvalue weighted by atomic mass is 10.2. The van der Waals surface area contributed by atoms with Crippen molar-refractivity contribution >= 4 is 28.7 Å². The van der Waals surface area contributed by atoms with Crippen LogP contribution >= 0.6 is 11.6 Å². The number of carbonyl (C=O) groups is 1. The fourth-order valence-electron chi connectivity index (χ4n) is 1.68. The van der Waals surface area contributed by atoms with E-state index in [-0.39, 0.29) is 0 Å². The summed E-state index contributed by atoms with van der Waals surface area (Å²) in [6.07, 6.45) is 4.06. The van der Waals surface area contributed by atoms with Crippen molar-refractivity contribution in [3.05, 3.63) is 29.0 Å². The number of rotatable bonds is 3. The molecule has 0 radical (unpaired) electrons. The second kappa shape index (κ2) is 5.72. The van der Waals surface area contributed by atoms with Crippen LogP contribution in [0.2, 0.25) is 5.02 Å². The largest absolute Gasteiger partial charge is 0.449 e. The molecule has 0 bridgehead atoms. The van der Waals surface area contributed by atoms with Gasteiger partial charge in [0.25, 0.3) is 0 Å². The number of ether oxygens (including phenoxy) is 1. The zero-order chi connectivity index (χ0) is 13.8. The van der Waals surface area contributed by atoms with Gasteiger partial charge in [-0.25, -0.2) is 14.3 Å². The van der Waals surface area contributed by atoms with Gasteiger partial charge in [0, 0.05) is 17.8 Å². The highest BCUT2D eigenvalue weighted by Crippen LogP contribution is 2.22. The lowest BCUT2D eigenvalue weighted by Crippen LogP contribution is -2.13. The number of pyridine rings is 1. The van der Waals surface area contributed by atoms with E-state index in [1.807, 2.05) is 13.0 Å². The van der Waals surface area contributed by atoms with E-state index in [9.17, 15) is 4.79 Å². The van der Waals surface area contributed by atoms with Crippen LogP contribution in [0.5, 0.6) is 0 Å². The van der Waals surface area contributed by atoms with E-state index >= 15 is 0 Å². The van der Waals surface area contributed by atoms with Gasteiger partial charge in [-0.3, -0.25) is 0 Å². The maximum atomic E-state index is 11.9. The van der Waals surface area contributed by atoms with Crippen LogP contribution in [0.25, 0.3) is 11.0 Å². The maximum Gasteiger partial charge on any atom is 0.419 e. The Morgan fingerprint density at radius 1 is 1.63 bits per heavy atom. The number of hydrogen-bond donors (Lipinski definition) is 0. The number of halogens is 1. The van der Waals surface area contributed by atoms with Gasteiger partial charge in [0.1, 0.15) is 6.07 Å². The first-order chi connectivity index (χ1) is 9.17. The first kappa shape index (κ1) is 13.4. The molecule has 2 aromatic heterocycles. The number of hydrogen-bond acceptors (Lipinski definition) is 4. The number of nitrogens with zero attached hydrogens (tertiary/aromatic N) is 3. The lowest BCUT2D eigenvalue weighted by Gasteiger charge is -2.04. The molecule has 0 aromatic carbocycles. The van der Waals surface area contributed by atoms with Crippen molar-refractivity contribution in [2.75, 3.05) is 6.61 Å². The van der Waals surface area contributed by atoms with Crippen LogP contribution < -0.4 is 0 Å². The molecule has 5 nitrogen and oxygen atoms in total. The molecule has 0 N–H and O–H groups in total. The molecule has 6 heteroatoms. The Morgan fingerprint density at radius 3 is 3.11 bits per heavy atom. The van der Waals surface area contributed by atoms with Crippen LogP contribution in [-0.2, 0) is 4.74 Å². The van der Waals surface area contributed by atoms with Crippen LogP contribution in [0.1, 0.15) is 25.3 Å². The molecule has 0 fully saturated rings. The van der Waals surface area contributed by atoms with Crippen LogP contribution in [-0.4, -0.2) is 22.3 Å². The van der Waals surface area contributed by atoms with E-state index < -0.39 is 6.09 Å². The Balaban J connectivity index is 2.39. The van der Waals surface area contributed by atoms with E-state index in [2.05, 4.69) is 4.98 Å². The zero-order valence-electron chi connectivity index (χ0n) is 10.4. The van der Waals surface area contributed by atoms with E-state index in [0.29, 0.717) is 28.2 Å². The van der Waals surface area contributed by atoms with Gasteiger partial charge < -0.3 is 4.74 Å². The van der Waals surface area contributed by atoms with Gasteiger partial charge in [0.2, 0.25) is 0 Å². The summed E-state index contributed by atoms with van der Waals surface area (Å²) in [7, 11) is 0. The molecular formula is C13H12ClN3O2. The summed E-state index contributed by atoms with van der Waals surface area (Å²) in [5.41, 5.74) is 0.722. The number of aromatic nitrogens is 2. The lowest BCUT2D eigenvalue weighted by molar-refractivity contribution is 0.147. The SMILES string of the molecule is CCCCOC(=O)n1cc(C#N)c2cc(Cl)cnc21. The minimum absolute atomic E-state index is 0.345. The third-order valence-electron chi connectivity index (χ3n) is 2.65. The summed E-state index contributed by atoms with van der Waals surface area (Å²) >= 11 is 5.84. The molecule has 0 saturated carbocycles. The third-order valence-corrected chi connectivity index (χ3v) is 2.86. The van der Waals surface area contributed by atoms with Crippen LogP contribution in [0, 0.1) is 11.3 Å². The highest BCUT2D eigenvalue weighted by Gasteiger charge is 2.16. The van der Waals surface area contributed by atoms with Gasteiger partial charge in [0.15, 0.2) is 5.65 Å². The predicted octanol–water partition coefficient (Wildman–Crippen LogP) is 3.35. The highest BCUT2D eigenvalue weighted by molar-refractivity contribution is 6.31. The molecule has 98 valence electrons. The number of nitriles is 1. The van der Waals surface area contributed by atoms with Crippen molar-refractivity contribution < 1.29 is 9.53 Å². The molecule has 0 amide bonds. The van der Waals surface area contributed by atoms with E-state index in [1.165, 1.54) is 17.0 Å². The molecule has 0 aliphatic heterocycles. The molecule has 0 spiro atoms. The van der Waals surface area contributed by atoms with E-state index in [0.717, 1.165) is 12.8 Å². The average molecular weight is 278 g/mol. The normalized spacial score (nSPS) is 10.4. The summed E-state index contributed by atoms with van der Waals surface area (Å²) in [5.74, 6) is 0. The van der Waals surface area contributed by atoms with Gasteiger partial charge in [0.05, 0.1) is 17.2 Å². The predicted molar refractivity (Wildman–Crippen MR) is 71.1 cm³/mol. The summed E-state index contributed by atoms with van der Waals surface area (Å²) in [5, 5.41) is 10.0. The van der Waals surface area contributed by atoms with Crippen molar-refractivity contribution in [3.8, 4) is 6.07 Å². The molecule has 0 aliphatic rings. The Kier molecular flexibility index (Phi) is 4.03. The summed E-state index contributed by atoms with van der Waals surface area (Å²) in [6.45, 7) is 2.36. The summed E-state index contributed by atoms with van der Waals surface area (Å²) in [6, 6.07) is 3.62. The van der Waals surface area contributed by atoms with Crippen LogP contribution in [0.4, 0.5) is 4.79 Å². The van der Waals surface area contributed by atoms with Crippen molar-refractivity contribution in [3.63, 3.8) is 0 Å². The van der Waals surface area contributed by atoms with Crippen LogP contribution in [0.3, 0.4) is 0 Å². The third kappa shape index (κ3) is 2.69. The number of carbonyl (C=O) groups excluding carboxylic acids is 1. The Labute approximate surface area is 115 Å². The van der Waals surface area contributed by atoms with Gasteiger partial charge in [-0.1, -0.05) is 24.9 Å². The molecular weight excluding hydrogens is 266 g/mol. The second-order valence-electron chi connectivity index (χ2n) is 4.02. The highest BCUT2D eigenvalue weighted by atomic mass is 35.5. The van der Waals surface area contributed by atoms with Crippen molar-refractivity contribution in [1.82, 2.24) is 9.55 Å². The molecule has 0 atom stereocenters. The van der Waals surface area contributed by atoms with E-state index in [1.54, 1.807) is 6.07 Å². The molecule has 0 unspecified atom stereocenters. The minimum atomic E-state index is -0.533. The molecule has 2 rings (SSSR count). The van der Waals surface area contributed by atoms with E-state index in [4.69, 9.17) is 21.6 Å². The quantitative estimate of drug-likeness (QED) is 0.807. The monoisotopic (exact) mass is 277 g/mol. The van der Waals surface area contributed by atoms with Crippen molar-refractivity contribution in [2.24, 2.45) is 0 Å². The molecule has 19 heavy (non-hydrogen) atoms. The minimum Gasteiger partial charge on any atom is -0.449 e. The zero-order valence-corrected chi connectivity index (χ0v) is 11.1.